The lowest BCUT2D eigenvalue weighted by atomic mass is 10.0. The number of aromatic nitrogens is 2. The summed E-state index contributed by atoms with van der Waals surface area (Å²) >= 11 is 0. The lowest BCUT2D eigenvalue weighted by Crippen LogP contribution is -2.48. The van der Waals surface area contributed by atoms with Gasteiger partial charge in [0, 0.05) is 39.4 Å². The maximum absolute atomic E-state index is 11.8. The summed E-state index contributed by atoms with van der Waals surface area (Å²) in [5, 5.41) is 12.3. The van der Waals surface area contributed by atoms with Crippen molar-refractivity contribution in [1.82, 2.24) is 14.9 Å². The highest BCUT2D eigenvalue weighted by Crippen LogP contribution is 2.17. The molecule has 22 heavy (non-hydrogen) atoms. The van der Waals surface area contributed by atoms with Gasteiger partial charge in [-0.1, -0.05) is 13.3 Å². The van der Waals surface area contributed by atoms with Crippen molar-refractivity contribution in [2.45, 2.75) is 19.8 Å². The Bertz CT molecular complexity index is 497. The molecule has 0 aliphatic carbocycles. The molecule has 2 N–H and O–H groups in total. The molecular formula is C15H25N5O2. The van der Waals surface area contributed by atoms with Crippen LogP contribution in [0.4, 0.5) is 11.6 Å². The SMILES string of the molecule is CCC(CCO)CNc1cc(N2CCN(C)C(=O)C2)ncn1. The molecule has 1 aliphatic heterocycles. The van der Waals surface area contributed by atoms with Crippen LogP contribution in [0, 0.1) is 5.92 Å². The number of nitrogens with zero attached hydrogens (tertiary/aromatic N) is 4. The molecule has 0 aromatic carbocycles. The molecule has 122 valence electrons. The van der Waals surface area contributed by atoms with Crippen molar-refractivity contribution in [3.05, 3.63) is 12.4 Å². The van der Waals surface area contributed by atoms with E-state index in [1.807, 2.05) is 18.0 Å². The van der Waals surface area contributed by atoms with Gasteiger partial charge in [-0.05, 0) is 12.3 Å². The second-order valence-corrected chi connectivity index (χ2v) is 5.67. The largest absolute Gasteiger partial charge is 0.396 e. The van der Waals surface area contributed by atoms with Crippen LogP contribution in [0.3, 0.4) is 0 Å². The number of rotatable bonds is 7. The van der Waals surface area contributed by atoms with Crippen LogP contribution in [-0.4, -0.2) is 65.7 Å². The standard InChI is InChI=1S/C15H25N5O2/c1-3-12(4-7-21)9-16-13-8-14(18-11-17-13)20-6-5-19(2)15(22)10-20/h8,11-12,21H,3-7,9-10H2,1-2H3,(H,16,17,18). The van der Waals surface area contributed by atoms with Gasteiger partial charge in [0.2, 0.25) is 5.91 Å². The number of piperazine rings is 1. The molecule has 0 radical (unpaired) electrons. The first-order valence-corrected chi connectivity index (χ1v) is 7.79. The van der Waals surface area contributed by atoms with Crippen LogP contribution in [0.1, 0.15) is 19.8 Å². The molecule has 1 fully saturated rings. The zero-order valence-electron chi connectivity index (χ0n) is 13.3. The fourth-order valence-electron chi connectivity index (χ4n) is 2.45. The van der Waals surface area contributed by atoms with E-state index in [-0.39, 0.29) is 12.5 Å². The third-order valence-electron chi connectivity index (χ3n) is 4.12. The Labute approximate surface area is 131 Å². The summed E-state index contributed by atoms with van der Waals surface area (Å²) in [5.74, 6) is 2.06. The number of carbonyl (C=O) groups excluding carboxylic acids is 1. The Kier molecular flexibility index (Phi) is 5.94. The van der Waals surface area contributed by atoms with Crippen LogP contribution < -0.4 is 10.2 Å². The normalized spacial score (nSPS) is 16.8. The minimum Gasteiger partial charge on any atom is -0.396 e. The highest BCUT2D eigenvalue weighted by molar-refractivity contribution is 5.82. The lowest BCUT2D eigenvalue weighted by molar-refractivity contribution is -0.129. The van der Waals surface area contributed by atoms with Crippen LogP contribution in [0.15, 0.2) is 12.4 Å². The van der Waals surface area contributed by atoms with Gasteiger partial charge in [0.15, 0.2) is 0 Å². The summed E-state index contributed by atoms with van der Waals surface area (Å²) in [7, 11) is 1.82. The summed E-state index contributed by atoms with van der Waals surface area (Å²) in [5.41, 5.74) is 0. The van der Waals surface area contributed by atoms with Gasteiger partial charge in [-0.25, -0.2) is 9.97 Å². The Morgan fingerprint density at radius 2 is 2.23 bits per heavy atom. The van der Waals surface area contributed by atoms with Crippen molar-refractivity contribution < 1.29 is 9.90 Å². The van der Waals surface area contributed by atoms with Crippen LogP contribution in [-0.2, 0) is 4.79 Å². The molecule has 1 aromatic rings. The molecule has 2 rings (SSSR count). The first-order chi connectivity index (χ1) is 10.6. The summed E-state index contributed by atoms with van der Waals surface area (Å²) in [6, 6.07) is 1.88. The molecule has 1 amide bonds. The van der Waals surface area contributed by atoms with Gasteiger partial charge in [0.05, 0.1) is 6.54 Å². The van der Waals surface area contributed by atoms with Crippen molar-refractivity contribution in [3.8, 4) is 0 Å². The van der Waals surface area contributed by atoms with Crippen molar-refractivity contribution in [2.75, 3.05) is 50.1 Å². The number of aliphatic hydroxyl groups is 1. The minimum absolute atomic E-state index is 0.105. The van der Waals surface area contributed by atoms with Crippen molar-refractivity contribution in [2.24, 2.45) is 5.92 Å². The van der Waals surface area contributed by atoms with Crippen LogP contribution in [0.25, 0.3) is 0 Å². The molecule has 0 bridgehead atoms. The van der Waals surface area contributed by atoms with E-state index < -0.39 is 0 Å². The van der Waals surface area contributed by atoms with E-state index in [0.717, 1.165) is 37.6 Å². The molecule has 0 spiro atoms. The molecule has 7 heteroatoms. The second-order valence-electron chi connectivity index (χ2n) is 5.67. The third-order valence-corrected chi connectivity index (χ3v) is 4.12. The van der Waals surface area contributed by atoms with Gasteiger partial charge in [0.1, 0.15) is 18.0 Å². The molecule has 2 heterocycles. The molecule has 1 unspecified atom stereocenters. The van der Waals surface area contributed by atoms with Crippen molar-refractivity contribution >= 4 is 17.5 Å². The maximum atomic E-state index is 11.8. The van der Waals surface area contributed by atoms with E-state index in [9.17, 15) is 4.79 Å². The Balaban J connectivity index is 1.96. The smallest absolute Gasteiger partial charge is 0.241 e. The molecule has 1 atom stereocenters. The number of hydrogen-bond donors (Lipinski definition) is 2. The summed E-state index contributed by atoms with van der Waals surface area (Å²) in [6.45, 7) is 4.94. The number of hydrogen-bond acceptors (Lipinski definition) is 6. The van der Waals surface area contributed by atoms with E-state index in [1.54, 1.807) is 4.90 Å². The van der Waals surface area contributed by atoms with Gasteiger partial charge in [0.25, 0.3) is 0 Å². The topological polar surface area (TPSA) is 81.6 Å². The van der Waals surface area contributed by atoms with Gasteiger partial charge in [-0.15, -0.1) is 0 Å². The predicted octanol–water partition coefficient (Wildman–Crippen LogP) is 0.575. The highest BCUT2D eigenvalue weighted by atomic mass is 16.3. The lowest BCUT2D eigenvalue weighted by Gasteiger charge is -2.32. The average Bonchev–Trinajstić information content (AvgIpc) is 2.54. The maximum Gasteiger partial charge on any atom is 0.241 e. The third kappa shape index (κ3) is 4.30. The number of carbonyl (C=O) groups is 1. The monoisotopic (exact) mass is 307 g/mol. The van der Waals surface area contributed by atoms with E-state index >= 15 is 0 Å². The van der Waals surface area contributed by atoms with Crippen molar-refractivity contribution in [1.29, 1.82) is 0 Å². The minimum atomic E-state index is 0.105. The number of aliphatic hydroxyl groups excluding tert-OH is 1. The van der Waals surface area contributed by atoms with Crippen LogP contribution in [0.5, 0.6) is 0 Å². The van der Waals surface area contributed by atoms with E-state index in [0.29, 0.717) is 19.0 Å². The summed E-state index contributed by atoms with van der Waals surface area (Å²) in [6.07, 6.45) is 3.32. The number of nitrogens with one attached hydrogen (secondary N) is 1. The molecular weight excluding hydrogens is 282 g/mol. The van der Waals surface area contributed by atoms with E-state index in [4.69, 9.17) is 5.11 Å². The average molecular weight is 307 g/mol. The van der Waals surface area contributed by atoms with E-state index in [2.05, 4.69) is 22.2 Å². The molecule has 7 nitrogen and oxygen atoms in total. The summed E-state index contributed by atoms with van der Waals surface area (Å²) < 4.78 is 0. The molecule has 1 saturated heterocycles. The zero-order chi connectivity index (χ0) is 15.9. The fraction of sp³-hybridized carbons (Fsp3) is 0.667. The second kappa shape index (κ2) is 7.93. The quantitative estimate of drug-likeness (QED) is 0.767. The fourth-order valence-corrected chi connectivity index (χ4v) is 2.45. The number of amides is 1. The van der Waals surface area contributed by atoms with Gasteiger partial charge in [-0.2, -0.15) is 0 Å². The molecule has 1 aliphatic rings. The Morgan fingerprint density at radius 1 is 1.41 bits per heavy atom. The van der Waals surface area contributed by atoms with E-state index in [1.165, 1.54) is 6.33 Å². The Morgan fingerprint density at radius 3 is 2.91 bits per heavy atom. The molecule has 0 saturated carbocycles. The first kappa shape index (κ1) is 16.5. The van der Waals surface area contributed by atoms with Gasteiger partial charge < -0.3 is 20.2 Å². The number of likely N-dealkylation sites (N-methyl/N-ethyl adjacent to an activating group) is 1. The Hall–Kier alpha value is -1.89. The first-order valence-electron chi connectivity index (χ1n) is 7.79. The highest BCUT2D eigenvalue weighted by Gasteiger charge is 2.22. The van der Waals surface area contributed by atoms with Gasteiger partial charge in [-0.3, -0.25) is 4.79 Å². The number of anilines is 2. The predicted molar refractivity (Wildman–Crippen MR) is 85.9 cm³/mol. The molecule has 1 aromatic heterocycles. The van der Waals surface area contributed by atoms with Crippen LogP contribution >= 0.6 is 0 Å². The van der Waals surface area contributed by atoms with Gasteiger partial charge >= 0.3 is 0 Å². The van der Waals surface area contributed by atoms with Crippen molar-refractivity contribution in [3.63, 3.8) is 0 Å². The van der Waals surface area contributed by atoms with Crippen LogP contribution in [0.2, 0.25) is 0 Å². The summed E-state index contributed by atoms with van der Waals surface area (Å²) in [4.78, 5) is 24.0. The zero-order valence-corrected chi connectivity index (χ0v) is 13.3.